The Morgan fingerprint density at radius 2 is 1.95 bits per heavy atom. The maximum absolute atomic E-state index is 11.2. The third-order valence-electron chi connectivity index (χ3n) is 2.67. The number of rotatable bonds is 3. The molecule has 0 aliphatic carbocycles. The molecule has 0 bridgehead atoms. The monoisotopic (exact) mass is 320 g/mol. The Morgan fingerprint density at radius 1 is 1.32 bits per heavy atom. The predicted molar refractivity (Wildman–Crippen MR) is 76.4 cm³/mol. The number of nitrogens with zero attached hydrogens (tertiary/aromatic N) is 1. The molecule has 0 spiro atoms. The number of ether oxygens (including phenoxy) is 1. The summed E-state index contributed by atoms with van der Waals surface area (Å²) < 4.78 is 6.57. The van der Waals surface area contributed by atoms with Gasteiger partial charge in [0.05, 0.1) is 4.47 Å². The van der Waals surface area contributed by atoms with Gasteiger partial charge in [-0.15, -0.1) is 0 Å². The second kappa shape index (κ2) is 5.40. The van der Waals surface area contributed by atoms with Crippen molar-refractivity contribution in [3.05, 3.63) is 51.6 Å². The lowest BCUT2D eigenvalue weighted by atomic mass is 10.1. The number of nitrogens with two attached hydrogens (primary N) is 1. The standard InChI is InChI=1S/C14H13BrN2O2/c1-8-6-10(13(16)18)7-9(2)12(8)19-14-11(15)4-3-5-17-14/h3-7H,1-2H3,(H2,16,18). The van der Waals surface area contributed by atoms with Crippen LogP contribution in [0.25, 0.3) is 0 Å². The highest BCUT2D eigenvalue weighted by atomic mass is 79.9. The van der Waals surface area contributed by atoms with E-state index in [2.05, 4.69) is 20.9 Å². The van der Waals surface area contributed by atoms with E-state index in [1.807, 2.05) is 26.0 Å². The van der Waals surface area contributed by atoms with Crippen LogP contribution in [0, 0.1) is 13.8 Å². The van der Waals surface area contributed by atoms with E-state index >= 15 is 0 Å². The molecule has 4 nitrogen and oxygen atoms in total. The molecule has 1 aromatic heterocycles. The first-order valence-electron chi connectivity index (χ1n) is 5.68. The molecular formula is C14H13BrN2O2. The van der Waals surface area contributed by atoms with Gasteiger partial charge in [-0.1, -0.05) is 0 Å². The fraction of sp³-hybridized carbons (Fsp3) is 0.143. The quantitative estimate of drug-likeness (QED) is 0.943. The van der Waals surface area contributed by atoms with Gasteiger partial charge in [-0.2, -0.15) is 0 Å². The summed E-state index contributed by atoms with van der Waals surface area (Å²) >= 11 is 3.38. The number of carbonyl (C=O) groups is 1. The number of aryl methyl sites for hydroxylation is 2. The van der Waals surface area contributed by atoms with Crippen molar-refractivity contribution >= 4 is 21.8 Å². The molecule has 0 aliphatic heterocycles. The molecule has 19 heavy (non-hydrogen) atoms. The minimum Gasteiger partial charge on any atom is -0.437 e. The Hall–Kier alpha value is -1.88. The van der Waals surface area contributed by atoms with Crippen LogP contribution in [0.3, 0.4) is 0 Å². The highest BCUT2D eigenvalue weighted by molar-refractivity contribution is 9.10. The van der Waals surface area contributed by atoms with Crippen molar-refractivity contribution in [2.75, 3.05) is 0 Å². The molecule has 5 heteroatoms. The Morgan fingerprint density at radius 3 is 2.47 bits per heavy atom. The first kappa shape index (κ1) is 13.5. The minimum atomic E-state index is -0.447. The molecule has 2 rings (SSSR count). The van der Waals surface area contributed by atoms with Crippen LogP contribution in [0.1, 0.15) is 21.5 Å². The number of hydrogen-bond donors (Lipinski definition) is 1. The molecule has 0 radical (unpaired) electrons. The molecule has 2 aromatic rings. The molecule has 0 fully saturated rings. The van der Waals surface area contributed by atoms with Crippen LogP contribution < -0.4 is 10.5 Å². The normalized spacial score (nSPS) is 10.3. The van der Waals surface area contributed by atoms with Crippen LogP contribution in [0.15, 0.2) is 34.9 Å². The van der Waals surface area contributed by atoms with Crippen molar-refractivity contribution < 1.29 is 9.53 Å². The van der Waals surface area contributed by atoms with Gasteiger partial charge in [-0.25, -0.2) is 4.98 Å². The molecule has 0 unspecified atom stereocenters. The van der Waals surface area contributed by atoms with Crippen molar-refractivity contribution in [3.63, 3.8) is 0 Å². The number of halogens is 1. The first-order valence-corrected chi connectivity index (χ1v) is 6.47. The highest BCUT2D eigenvalue weighted by Gasteiger charge is 2.12. The maximum Gasteiger partial charge on any atom is 0.248 e. The summed E-state index contributed by atoms with van der Waals surface area (Å²) in [5.74, 6) is 0.724. The fourth-order valence-electron chi connectivity index (χ4n) is 1.80. The van der Waals surface area contributed by atoms with E-state index in [0.29, 0.717) is 17.2 Å². The van der Waals surface area contributed by atoms with Gasteiger partial charge in [-0.3, -0.25) is 4.79 Å². The van der Waals surface area contributed by atoms with Crippen LogP contribution in [0.5, 0.6) is 11.6 Å². The second-order valence-corrected chi connectivity index (χ2v) is 5.05. The van der Waals surface area contributed by atoms with Gasteiger partial charge < -0.3 is 10.5 Å². The zero-order chi connectivity index (χ0) is 14.0. The van der Waals surface area contributed by atoms with Crippen LogP contribution >= 0.6 is 15.9 Å². The topological polar surface area (TPSA) is 65.2 Å². The van der Waals surface area contributed by atoms with Crippen LogP contribution in [0.2, 0.25) is 0 Å². The summed E-state index contributed by atoms with van der Waals surface area (Å²) in [6.07, 6.45) is 1.66. The largest absolute Gasteiger partial charge is 0.437 e. The van der Waals surface area contributed by atoms with E-state index in [0.717, 1.165) is 15.6 Å². The molecule has 98 valence electrons. The van der Waals surface area contributed by atoms with E-state index < -0.39 is 5.91 Å². The lowest BCUT2D eigenvalue weighted by Gasteiger charge is -2.13. The van der Waals surface area contributed by atoms with Crippen molar-refractivity contribution in [1.82, 2.24) is 4.98 Å². The summed E-state index contributed by atoms with van der Waals surface area (Å²) in [5.41, 5.74) is 7.43. The number of benzene rings is 1. The smallest absolute Gasteiger partial charge is 0.248 e. The Kier molecular flexibility index (Phi) is 3.85. The first-order chi connectivity index (χ1) is 8.99. The predicted octanol–water partition coefficient (Wildman–Crippen LogP) is 3.35. The van der Waals surface area contributed by atoms with Crippen molar-refractivity contribution in [2.24, 2.45) is 5.73 Å². The lowest BCUT2D eigenvalue weighted by Crippen LogP contribution is -2.11. The zero-order valence-electron chi connectivity index (χ0n) is 10.6. The van der Waals surface area contributed by atoms with Gasteiger partial charge in [0, 0.05) is 11.8 Å². The number of carbonyl (C=O) groups excluding carboxylic acids is 1. The SMILES string of the molecule is Cc1cc(C(N)=O)cc(C)c1Oc1ncccc1Br. The van der Waals surface area contributed by atoms with E-state index in [1.54, 1.807) is 18.3 Å². The van der Waals surface area contributed by atoms with E-state index in [1.165, 1.54) is 0 Å². The average Bonchev–Trinajstić information content (AvgIpc) is 2.35. The van der Waals surface area contributed by atoms with Crippen LogP contribution in [0.4, 0.5) is 0 Å². The van der Waals surface area contributed by atoms with Gasteiger partial charge in [0.15, 0.2) is 0 Å². The summed E-state index contributed by atoms with van der Waals surface area (Å²) in [4.78, 5) is 15.3. The highest BCUT2D eigenvalue weighted by Crippen LogP contribution is 2.32. The lowest BCUT2D eigenvalue weighted by molar-refractivity contribution is 0.1000. The summed E-state index contributed by atoms with van der Waals surface area (Å²) in [7, 11) is 0. The molecule has 1 aromatic carbocycles. The van der Waals surface area contributed by atoms with Gasteiger partial charge in [-0.05, 0) is 65.2 Å². The van der Waals surface area contributed by atoms with Gasteiger partial charge >= 0.3 is 0 Å². The van der Waals surface area contributed by atoms with Crippen molar-refractivity contribution in [3.8, 4) is 11.6 Å². The fourth-order valence-corrected chi connectivity index (χ4v) is 2.13. The number of amides is 1. The molecular weight excluding hydrogens is 308 g/mol. The molecule has 1 amide bonds. The third-order valence-corrected chi connectivity index (χ3v) is 3.27. The number of hydrogen-bond acceptors (Lipinski definition) is 3. The Balaban J connectivity index is 2.42. The minimum absolute atomic E-state index is 0.447. The number of aromatic nitrogens is 1. The summed E-state index contributed by atoms with van der Waals surface area (Å²) in [5, 5.41) is 0. The third kappa shape index (κ3) is 2.93. The molecule has 2 N–H and O–H groups in total. The number of primary amides is 1. The molecule has 0 saturated heterocycles. The Bertz CT molecular complexity index is 618. The Labute approximate surface area is 119 Å². The van der Waals surface area contributed by atoms with Crippen LogP contribution in [-0.4, -0.2) is 10.9 Å². The molecule has 0 atom stereocenters. The van der Waals surface area contributed by atoms with Crippen LogP contribution in [-0.2, 0) is 0 Å². The molecule has 0 saturated carbocycles. The van der Waals surface area contributed by atoms with Crippen molar-refractivity contribution in [1.29, 1.82) is 0 Å². The van der Waals surface area contributed by atoms with E-state index in [9.17, 15) is 4.79 Å². The maximum atomic E-state index is 11.2. The van der Waals surface area contributed by atoms with Gasteiger partial charge in [0.25, 0.3) is 0 Å². The van der Waals surface area contributed by atoms with E-state index in [4.69, 9.17) is 10.5 Å². The van der Waals surface area contributed by atoms with E-state index in [-0.39, 0.29) is 0 Å². The summed E-state index contributed by atoms with van der Waals surface area (Å²) in [6.45, 7) is 3.73. The summed E-state index contributed by atoms with van der Waals surface area (Å²) in [6, 6.07) is 7.08. The molecule has 1 heterocycles. The van der Waals surface area contributed by atoms with Crippen molar-refractivity contribution in [2.45, 2.75) is 13.8 Å². The second-order valence-electron chi connectivity index (χ2n) is 4.20. The number of pyridine rings is 1. The zero-order valence-corrected chi connectivity index (χ0v) is 12.2. The average molecular weight is 321 g/mol. The van der Waals surface area contributed by atoms with Gasteiger partial charge in [0.2, 0.25) is 11.8 Å². The van der Waals surface area contributed by atoms with Gasteiger partial charge in [0.1, 0.15) is 5.75 Å². The molecule has 0 aliphatic rings.